The number of carbonyl (C=O) groups excluding carboxylic acids is 2. The number of nitrogens with one attached hydrogen (secondary N) is 2. The highest BCUT2D eigenvalue weighted by Gasteiger charge is 2.27. The van der Waals surface area contributed by atoms with Crippen molar-refractivity contribution in [1.29, 1.82) is 0 Å². The molecule has 0 atom stereocenters. The molecule has 5 nitrogen and oxygen atoms in total. The Morgan fingerprint density at radius 3 is 2.36 bits per heavy atom. The van der Waals surface area contributed by atoms with Gasteiger partial charge in [-0.15, -0.1) is 0 Å². The van der Waals surface area contributed by atoms with Crippen LogP contribution in [0.25, 0.3) is 0 Å². The molecule has 1 aliphatic heterocycles. The maximum atomic E-state index is 12.9. The molecule has 3 fully saturated rings. The van der Waals surface area contributed by atoms with Crippen molar-refractivity contribution in [3.8, 4) is 0 Å². The Labute approximate surface area is 168 Å². The van der Waals surface area contributed by atoms with Gasteiger partial charge in [0.2, 0.25) is 5.91 Å². The van der Waals surface area contributed by atoms with Crippen LogP contribution in [-0.4, -0.2) is 30.9 Å². The number of carbonyl (C=O) groups is 2. The minimum atomic E-state index is -0.00936. The van der Waals surface area contributed by atoms with Crippen LogP contribution in [-0.2, 0) is 4.79 Å². The van der Waals surface area contributed by atoms with E-state index in [0.29, 0.717) is 11.6 Å². The van der Waals surface area contributed by atoms with E-state index in [1.54, 1.807) is 0 Å². The highest BCUT2D eigenvalue weighted by Crippen LogP contribution is 2.31. The number of piperidine rings is 1. The molecule has 1 aromatic carbocycles. The van der Waals surface area contributed by atoms with Crippen molar-refractivity contribution in [2.75, 3.05) is 23.3 Å². The van der Waals surface area contributed by atoms with Gasteiger partial charge in [-0.3, -0.25) is 9.59 Å². The second-order valence-corrected chi connectivity index (χ2v) is 8.97. The Hall–Kier alpha value is -2.04. The molecule has 4 rings (SSSR count). The molecule has 2 aliphatic carbocycles. The predicted molar refractivity (Wildman–Crippen MR) is 113 cm³/mol. The summed E-state index contributed by atoms with van der Waals surface area (Å²) in [6.45, 7) is 4.26. The molecule has 152 valence electrons. The van der Waals surface area contributed by atoms with Crippen molar-refractivity contribution in [2.24, 2.45) is 11.8 Å². The molecule has 0 radical (unpaired) electrons. The topological polar surface area (TPSA) is 61.4 Å². The summed E-state index contributed by atoms with van der Waals surface area (Å²) in [5.74, 6) is 0.951. The van der Waals surface area contributed by atoms with Crippen LogP contribution in [0.2, 0.25) is 0 Å². The van der Waals surface area contributed by atoms with Gasteiger partial charge >= 0.3 is 0 Å². The Balaban J connectivity index is 1.52. The number of anilines is 2. The first-order valence-electron chi connectivity index (χ1n) is 11.1. The number of rotatable bonds is 5. The predicted octanol–water partition coefficient (Wildman–Crippen LogP) is 4.33. The zero-order valence-corrected chi connectivity index (χ0v) is 17.0. The van der Waals surface area contributed by atoms with Crippen molar-refractivity contribution >= 4 is 23.2 Å². The van der Waals surface area contributed by atoms with Gasteiger partial charge in [-0.1, -0.05) is 26.2 Å². The molecule has 2 saturated carbocycles. The van der Waals surface area contributed by atoms with Gasteiger partial charge in [0.05, 0.1) is 5.56 Å². The summed E-state index contributed by atoms with van der Waals surface area (Å²) in [6.07, 6.45) is 9.92. The van der Waals surface area contributed by atoms with Crippen molar-refractivity contribution in [2.45, 2.75) is 70.8 Å². The number of benzene rings is 1. The highest BCUT2D eigenvalue weighted by atomic mass is 16.2. The fourth-order valence-electron chi connectivity index (χ4n) is 4.42. The first-order chi connectivity index (χ1) is 13.6. The van der Waals surface area contributed by atoms with E-state index < -0.39 is 0 Å². The summed E-state index contributed by atoms with van der Waals surface area (Å²) >= 11 is 0. The first-order valence-corrected chi connectivity index (χ1v) is 11.1. The van der Waals surface area contributed by atoms with Crippen LogP contribution in [0.15, 0.2) is 18.2 Å². The number of nitrogens with zero attached hydrogens (tertiary/aromatic N) is 1. The molecule has 28 heavy (non-hydrogen) atoms. The van der Waals surface area contributed by atoms with Crippen LogP contribution in [0.1, 0.15) is 75.1 Å². The van der Waals surface area contributed by atoms with E-state index in [2.05, 4.69) is 22.5 Å². The zero-order chi connectivity index (χ0) is 19.5. The second-order valence-electron chi connectivity index (χ2n) is 8.97. The normalized spacial score (nSPS) is 21.4. The summed E-state index contributed by atoms with van der Waals surface area (Å²) < 4.78 is 0. The molecule has 0 unspecified atom stereocenters. The summed E-state index contributed by atoms with van der Waals surface area (Å²) in [5, 5.41) is 6.20. The average molecular weight is 384 g/mol. The largest absolute Gasteiger partial charge is 0.371 e. The third-order valence-electron chi connectivity index (χ3n) is 6.52. The lowest BCUT2D eigenvalue weighted by molar-refractivity contribution is -0.120. The summed E-state index contributed by atoms with van der Waals surface area (Å²) in [6, 6.07) is 6.18. The van der Waals surface area contributed by atoms with Crippen molar-refractivity contribution in [3.05, 3.63) is 23.8 Å². The maximum Gasteiger partial charge on any atom is 0.253 e. The number of hydrogen-bond acceptors (Lipinski definition) is 3. The molecule has 1 aromatic rings. The second kappa shape index (κ2) is 8.54. The van der Waals surface area contributed by atoms with Crippen LogP contribution in [0.3, 0.4) is 0 Å². The molecule has 0 bridgehead atoms. The molecular weight excluding hydrogens is 350 g/mol. The molecule has 0 aromatic heterocycles. The standard InChI is InChI=1S/C23H33N3O2/c1-16-11-13-26(14-12-16)21-10-9-19(15-20(21)23(28)24-18-7-8-18)25-22(27)17-5-3-2-4-6-17/h9-10,15-18H,2-8,11-14H2,1H3,(H,24,28)(H,25,27). The fourth-order valence-corrected chi connectivity index (χ4v) is 4.42. The lowest BCUT2D eigenvalue weighted by atomic mass is 9.88. The molecular formula is C23H33N3O2. The lowest BCUT2D eigenvalue weighted by Crippen LogP contribution is -2.35. The van der Waals surface area contributed by atoms with Crippen LogP contribution >= 0.6 is 0 Å². The van der Waals surface area contributed by atoms with E-state index in [1.807, 2.05) is 18.2 Å². The highest BCUT2D eigenvalue weighted by molar-refractivity contribution is 6.02. The summed E-state index contributed by atoms with van der Waals surface area (Å²) in [5.41, 5.74) is 2.44. The molecule has 5 heteroatoms. The average Bonchev–Trinajstić information content (AvgIpc) is 3.53. The van der Waals surface area contributed by atoms with Gasteiger partial charge in [0.1, 0.15) is 0 Å². The first kappa shape index (κ1) is 19.3. The van der Waals surface area contributed by atoms with Crippen molar-refractivity contribution in [3.63, 3.8) is 0 Å². The maximum absolute atomic E-state index is 12.9. The molecule has 1 saturated heterocycles. The van der Waals surface area contributed by atoms with Gasteiger partial charge in [0.25, 0.3) is 5.91 Å². The minimum absolute atomic E-state index is 0.00936. The van der Waals surface area contributed by atoms with Gasteiger partial charge in [0.15, 0.2) is 0 Å². The summed E-state index contributed by atoms with van der Waals surface area (Å²) in [7, 11) is 0. The van der Waals surface area contributed by atoms with Gasteiger partial charge in [0, 0.05) is 36.4 Å². The van der Waals surface area contributed by atoms with Gasteiger partial charge < -0.3 is 15.5 Å². The van der Waals surface area contributed by atoms with E-state index in [1.165, 1.54) is 6.42 Å². The van der Waals surface area contributed by atoms with Crippen LogP contribution in [0.5, 0.6) is 0 Å². The monoisotopic (exact) mass is 383 g/mol. The zero-order valence-electron chi connectivity index (χ0n) is 17.0. The summed E-state index contributed by atoms with van der Waals surface area (Å²) in [4.78, 5) is 27.9. The molecule has 2 amide bonds. The Morgan fingerprint density at radius 2 is 1.68 bits per heavy atom. The third-order valence-corrected chi connectivity index (χ3v) is 6.52. The van der Waals surface area contributed by atoms with Crippen LogP contribution < -0.4 is 15.5 Å². The van der Waals surface area contributed by atoms with Crippen LogP contribution in [0.4, 0.5) is 11.4 Å². The van der Waals surface area contributed by atoms with Gasteiger partial charge in [-0.2, -0.15) is 0 Å². The van der Waals surface area contributed by atoms with E-state index in [9.17, 15) is 9.59 Å². The van der Waals surface area contributed by atoms with Gasteiger partial charge in [-0.05, 0) is 62.6 Å². The fraction of sp³-hybridized carbons (Fsp3) is 0.652. The van der Waals surface area contributed by atoms with Gasteiger partial charge in [-0.25, -0.2) is 0 Å². The molecule has 0 spiro atoms. The molecule has 2 N–H and O–H groups in total. The quantitative estimate of drug-likeness (QED) is 0.795. The van der Waals surface area contributed by atoms with E-state index in [4.69, 9.17) is 0 Å². The lowest BCUT2D eigenvalue weighted by Gasteiger charge is -2.33. The van der Waals surface area contributed by atoms with E-state index in [-0.39, 0.29) is 17.7 Å². The molecule has 1 heterocycles. The minimum Gasteiger partial charge on any atom is -0.371 e. The Morgan fingerprint density at radius 1 is 0.964 bits per heavy atom. The van der Waals surface area contributed by atoms with Crippen LogP contribution in [0, 0.1) is 11.8 Å². The number of amides is 2. The molecule has 3 aliphatic rings. The Bertz CT molecular complexity index is 715. The number of hydrogen-bond donors (Lipinski definition) is 2. The van der Waals surface area contributed by atoms with E-state index >= 15 is 0 Å². The van der Waals surface area contributed by atoms with Crippen molar-refractivity contribution < 1.29 is 9.59 Å². The Kier molecular flexibility index (Phi) is 5.88. The van der Waals surface area contributed by atoms with E-state index in [0.717, 1.165) is 81.7 Å². The SMILES string of the molecule is CC1CCN(c2ccc(NC(=O)C3CCCCC3)cc2C(=O)NC2CC2)CC1. The smallest absolute Gasteiger partial charge is 0.253 e. The van der Waals surface area contributed by atoms with Crippen molar-refractivity contribution in [1.82, 2.24) is 5.32 Å². The third kappa shape index (κ3) is 4.68.